The van der Waals surface area contributed by atoms with Crippen molar-refractivity contribution in [2.24, 2.45) is 0 Å². The molecule has 0 saturated carbocycles. The SMILES string of the molecule is Cl.Cl.Cl.Cl.O=P(O)(O)CC[n+]1ccc(-c2cc[n+](Cc3cccc(C[n+]4ccc(-c5cc[n+](CCP(=O)(O)O)cc5)cc4)n3)cc2)cc1. The summed E-state index contributed by atoms with van der Waals surface area (Å²) in [4.78, 5) is 41.2. The summed E-state index contributed by atoms with van der Waals surface area (Å²) in [6.45, 7) is 1.76. The van der Waals surface area contributed by atoms with E-state index in [9.17, 15) is 9.13 Å². The van der Waals surface area contributed by atoms with Gasteiger partial charge in [-0.3, -0.25) is 9.13 Å². The van der Waals surface area contributed by atoms with E-state index >= 15 is 0 Å². The smallest absolute Gasteiger partial charge is 0.324 e. The fourth-order valence-corrected chi connectivity index (χ4v) is 5.66. The first-order chi connectivity index (χ1) is 21.0. The highest BCUT2D eigenvalue weighted by molar-refractivity contribution is 7.51. The largest absolute Gasteiger partial charge is 0.331 e. The molecule has 0 spiro atoms. The molecule has 5 aromatic rings. The molecule has 0 aliphatic carbocycles. The average Bonchev–Trinajstić information content (AvgIpc) is 3.00. The molecule has 0 unspecified atom stereocenters. The monoisotopic (exact) mass is 779 g/mol. The fraction of sp³-hybridized carbons (Fsp3) is 0.194. The van der Waals surface area contributed by atoms with Crippen molar-refractivity contribution in [1.82, 2.24) is 4.98 Å². The zero-order chi connectivity index (χ0) is 31.2. The second-order valence-electron chi connectivity index (χ2n) is 10.6. The van der Waals surface area contributed by atoms with Crippen LogP contribution in [-0.2, 0) is 35.3 Å². The molecule has 0 radical (unpaired) electrons. The molecule has 0 atom stereocenters. The van der Waals surface area contributed by atoms with Crippen molar-refractivity contribution >= 4 is 64.8 Å². The van der Waals surface area contributed by atoms with Gasteiger partial charge in [0.2, 0.25) is 0 Å². The summed E-state index contributed by atoms with van der Waals surface area (Å²) < 4.78 is 29.9. The number of aromatic nitrogens is 5. The molecule has 0 aliphatic rings. The number of hydrogen-bond donors (Lipinski definition) is 4. The Morgan fingerprint density at radius 1 is 0.458 bits per heavy atom. The maximum Gasteiger partial charge on any atom is 0.331 e. The molecule has 5 rings (SSSR count). The Hall–Kier alpha value is -2.79. The first-order valence-electron chi connectivity index (χ1n) is 14.0. The molecule has 0 aliphatic heterocycles. The van der Waals surface area contributed by atoms with Crippen LogP contribution in [0.25, 0.3) is 22.3 Å². The molecule has 0 saturated heterocycles. The Balaban J connectivity index is 0.00000288. The Kier molecular flexibility index (Phi) is 17.5. The fourth-order valence-electron chi connectivity index (χ4n) is 4.68. The molecule has 0 aromatic carbocycles. The van der Waals surface area contributed by atoms with Crippen molar-refractivity contribution in [2.45, 2.75) is 26.2 Å². The summed E-state index contributed by atoms with van der Waals surface area (Å²) in [6.07, 6.45) is 15.0. The van der Waals surface area contributed by atoms with Crippen LogP contribution in [0.4, 0.5) is 0 Å². The van der Waals surface area contributed by atoms with E-state index in [1.165, 1.54) is 0 Å². The van der Waals surface area contributed by atoms with Gasteiger partial charge in [-0.1, -0.05) is 6.07 Å². The van der Waals surface area contributed by atoms with Crippen molar-refractivity contribution in [1.29, 1.82) is 0 Å². The van der Waals surface area contributed by atoms with Crippen LogP contribution in [0.1, 0.15) is 11.4 Å². The Labute approximate surface area is 304 Å². The maximum absolute atomic E-state index is 11.1. The minimum absolute atomic E-state index is 0. The van der Waals surface area contributed by atoms with E-state index < -0.39 is 15.2 Å². The van der Waals surface area contributed by atoms with Gasteiger partial charge in [0, 0.05) is 48.5 Å². The lowest BCUT2D eigenvalue weighted by molar-refractivity contribution is -0.692. The Morgan fingerprint density at radius 3 is 1.00 bits per heavy atom. The van der Waals surface area contributed by atoms with Gasteiger partial charge in [0.25, 0.3) is 0 Å². The molecule has 4 N–H and O–H groups in total. The second-order valence-corrected chi connectivity index (χ2v) is 14.1. The van der Waals surface area contributed by atoms with Gasteiger partial charge in [0.1, 0.15) is 23.7 Å². The van der Waals surface area contributed by atoms with Gasteiger partial charge in [0.15, 0.2) is 75.8 Å². The molecule has 0 amide bonds. The first-order valence-corrected chi connectivity index (χ1v) is 17.6. The van der Waals surface area contributed by atoms with Crippen LogP contribution < -0.4 is 18.3 Å². The van der Waals surface area contributed by atoms with Gasteiger partial charge in [0.05, 0.1) is 0 Å². The molecule has 5 aromatic heterocycles. The van der Waals surface area contributed by atoms with Crippen molar-refractivity contribution in [3.8, 4) is 22.3 Å². The summed E-state index contributed by atoms with van der Waals surface area (Å²) in [6, 6.07) is 21.9. The van der Waals surface area contributed by atoms with Gasteiger partial charge in [-0.2, -0.15) is 9.13 Å². The summed E-state index contributed by atoms with van der Waals surface area (Å²) in [5.41, 5.74) is 6.00. The lowest BCUT2D eigenvalue weighted by Crippen LogP contribution is -2.35. The predicted molar refractivity (Wildman–Crippen MR) is 190 cm³/mol. The second kappa shape index (κ2) is 19.4. The van der Waals surface area contributed by atoms with Crippen molar-refractivity contribution in [2.75, 3.05) is 12.3 Å². The van der Waals surface area contributed by atoms with Gasteiger partial charge in [-0.25, -0.2) is 14.1 Å². The minimum Gasteiger partial charge on any atom is -0.324 e. The van der Waals surface area contributed by atoms with Gasteiger partial charge < -0.3 is 19.6 Å². The van der Waals surface area contributed by atoms with Crippen LogP contribution in [0, 0.1) is 0 Å². The zero-order valence-electron chi connectivity index (χ0n) is 25.6. The molecule has 11 nitrogen and oxygen atoms in total. The lowest BCUT2D eigenvalue weighted by Gasteiger charge is -2.04. The highest BCUT2D eigenvalue weighted by Crippen LogP contribution is 2.34. The molecule has 258 valence electrons. The van der Waals surface area contributed by atoms with Crippen molar-refractivity contribution in [3.05, 3.63) is 128 Å². The van der Waals surface area contributed by atoms with Crippen LogP contribution in [0.3, 0.4) is 0 Å². The predicted octanol–water partition coefficient (Wildman–Crippen LogP) is 3.70. The molecule has 0 fully saturated rings. The third-order valence-electron chi connectivity index (χ3n) is 7.08. The summed E-state index contributed by atoms with van der Waals surface area (Å²) >= 11 is 0. The van der Waals surface area contributed by atoms with E-state index in [2.05, 4.69) is 9.13 Å². The molecular weight excluding hydrogens is 742 g/mol. The number of pyridine rings is 5. The van der Waals surface area contributed by atoms with Crippen LogP contribution >= 0.6 is 64.8 Å². The molecule has 48 heavy (non-hydrogen) atoms. The first kappa shape index (κ1) is 43.2. The summed E-state index contributed by atoms with van der Waals surface area (Å²) in [7, 11) is -8.05. The molecule has 0 bridgehead atoms. The van der Waals surface area contributed by atoms with Gasteiger partial charge in [-0.15, -0.1) is 49.6 Å². The number of nitrogens with zero attached hydrogens (tertiary/aromatic N) is 5. The van der Waals surface area contributed by atoms with Crippen LogP contribution in [0.15, 0.2) is 116 Å². The minimum atomic E-state index is -4.02. The van der Waals surface area contributed by atoms with E-state index in [0.717, 1.165) is 33.6 Å². The van der Waals surface area contributed by atoms with Gasteiger partial charge >= 0.3 is 15.2 Å². The number of hydrogen-bond acceptors (Lipinski definition) is 3. The van der Waals surface area contributed by atoms with Crippen LogP contribution in [0.5, 0.6) is 0 Å². The van der Waals surface area contributed by atoms with Crippen molar-refractivity contribution in [3.63, 3.8) is 0 Å². The third kappa shape index (κ3) is 13.6. The van der Waals surface area contributed by atoms with E-state index in [-0.39, 0.29) is 75.0 Å². The van der Waals surface area contributed by atoms with E-state index in [4.69, 9.17) is 24.6 Å². The number of aryl methyl sites for hydroxylation is 2. The van der Waals surface area contributed by atoms with Crippen molar-refractivity contribution < 1.29 is 47.0 Å². The summed E-state index contributed by atoms with van der Waals surface area (Å²) in [5.74, 6) is 0. The van der Waals surface area contributed by atoms with E-state index in [0.29, 0.717) is 13.1 Å². The van der Waals surface area contributed by atoms with Crippen LogP contribution in [0.2, 0.25) is 0 Å². The quantitative estimate of drug-likeness (QED) is 0.112. The topological polar surface area (TPSA) is 143 Å². The summed E-state index contributed by atoms with van der Waals surface area (Å²) in [5, 5.41) is 0. The maximum atomic E-state index is 11.1. The number of rotatable bonds is 12. The standard InChI is InChI=1S/C31H31N5O6P2.4ClH/c37-43(38,39)22-20-33-12-4-26(5-13-33)28-8-16-35(17-9-28)24-30-2-1-3-31(32-30)25-36-18-10-29(11-19-36)27-6-14-34(15-7-27)21-23-44(40,41)42;;;;/h1-19H,20-25H2;4*1H/p+4. The Morgan fingerprint density at radius 2 is 0.729 bits per heavy atom. The molecular formula is C31H39Cl4N5O6P2+4. The normalized spacial score (nSPS) is 10.9. The van der Waals surface area contributed by atoms with E-state index in [1.807, 2.05) is 116 Å². The Bertz CT molecular complexity index is 1680. The number of halogens is 4. The third-order valence-corrected chi connectivity index (χ3v) is 8.65. The molecule has 5 heterocycles. The van der Waals surface area contributed by atoms with Crippen LogP contribution in [-0.4, -0.2) is 36.9 Å². The highest BCUT2D eigenvalue weighted by Gasteiger charge is 2.17. The highest BCUT2D eigenvalue weighted by atomic mass is 35.5. The average molecular weight is 781 g/mol. The zero-order valence-corrected chi connectivity index (χ0v) is 30.6. The van der Waals surface area contributed by atoms with E-state index in [1.54, 1.807) is 9.13 Å². The molecule has 17 heteroatoms. The van der Waals surface area contributed by atoms with Gasteiger partial charge in [-0.05, 0) is 34.4 Å². The lowest BCUT2D eigenvalue weighted by atomic mass is 10.1.